The van der Waals surface area contributed by atoms with Crippen LogP contribution in [0.5, 0.6) is 0 Å². The van der Waals surface area contributed by atoms with Crippen LogP contribution < -0.4 is 10.2 Å². The van der Waals surface area contributed by atoms with Gasteiger partial charge in [0, 0.05) is 13.1 Å². The van der Waals surface area contributed by atoms with Gasteiger partial charge in [0.1, 0.15) is 5.82 Å². The molecule has 2 fully saturated rings. The van der Waals surface area contributed by atoms with Crippen molar-refractivity contribution in [1.82, 2.24) is 5.32 Å². The lowest BCUT2D eigenvalue weighted by Gasteiger charge is -2.57. The highest BCUT2D eigenvalue weighted by Crippen LogP contribution is 2.38. The number of halogens is 2. The predicted molar refractivity (Wildman–Crippen MR) is 63.7 cm³/mol. The molecular weight excluding hydrogens is 227 g/mol. The van der Waals surface area contributed by atoms with Crippen molar-refractivity contribution in [3.63, 3.8) is 0 Å². The van der Waals surface area contributed by atoms with Gasteiger partial charge in [-0.1, -0.05) is 11.6 Å². The lowest BCUT2D eigenvalue weighted by molar-refractivity contribution is 0.159. The van der Waals surface area contributed by atoms with E-state index in [0.29, 0.717) is 10.6 Å². The highest BCUT2D eigenvalue weighted by molar-refractivity contribution is 6.34. The second-order valence-corrected chi connectivity index (χ2v) is 5.25. The van der Waals surface area contributed by atoms with Crippen LogP contribution in [-0.4, -0.2) is 25.2 Å². The molecule has 0 aromatic heterocycles. The van der Waals surface area contributed by atoms with E-state index in [0.717, 1.165) is 30.9 Å². The average Bonchev–Trinajstić information content (AvgIpc) is 2.08. The quantitative estimate of drug-likeness (QED) is 0.811. The van der Waals surface area contributed by atoms with Crippen molar-refractivity contribution >= 4 is 17.3 Å². The van der Waals surface area contributed by atoms with Crippen LogP contribution in [0.2, 0.25) is 5.02 Å². The molecule has 1 N–H and O–H groups in total. The Labute approximate surface area is 99.4 Å². The van der Waals surface area contributed by atoms with E-state index in [-0.39, 0.29) is 5.82 Å². The zero-order valence-corrected chi connectivity index (χ0v) is 9.94. The molecule has 0 radical (unpaired) electrons. The fourth-order valence-electron chi connectivity index (χ4n) is 2.54. The zero-order valence-electron chi connectivity index (χ0n) is 9.19. The molecule has 2 aliphatic rings. The molecule has 3 rings (SSSR count). The van der Waals surface area contributed by atoms with Crippen molar-refractivity contribution < 1.29 is 4.39 Å². The third-order valence-corrected chi connectivity index (χ3v) is 4.12. The monoisotopic (exact) mass is 240 g/mol. The van der Waals surface area contributed by atoms with E-state index in [4.69, 9.17) is 11.6 Å². The Hall–Kier alpha value is -0.800. The molecule has 0 amide bonds. The van der Waals surface area contributed by atoms with Gasteiger partial charge in [0.25, 0.3) is 0 Å². The summed E-state index contributed by atoms with van der Waals surface area (Å²) < 4.78 is 13.3. The van der Waals surface area contributed by atoms with Crippen LogP contribution in [0.15, 0.2) is 12.1 Å². The van der Waals surface area contributed by atoms with Gasteiger partial charge in [0.05, 0.1) is 16.2 Å². The molecule has 2 nitrogen and oxygen atoms in total. The van der Waals surface area contributed by atoms with Crippen LogP contribution in [0.25, 0.3) is 0 Å². The maximum absolute atomic E-state index is 13.3. The maximum Gasteiger partial charge on any atom is 0.125 e. The molecule has 2 aliphatic heterocycles. The summed E-state index contributed by atoms with van der Waals surface area (Å²) in [6, 6.07) is 3.00. The summed E-state index contributed by atoms with van der Waals surface area (Å²) in [5, 5.41) is 4.10. The van der Waals surface area contributed by atoms with E-state index in [1.165, 1.54) is 18.6 Å². The summed E-state index contributed by atoms with van der Waals surface area (Å²) in [6.45, 7) is 4.82. The zero-order chi connectivity index (χ0) is 11.3. The highest BCUT2D eigenvalue weighted by Gasteiger charge is 2.47. The topological polar surface area (TPSA) is 15.3 Å². The highest BCUT2D eigenvalue weighted by atomic mass is 35.5. The Morgan fingerprint density at radius 2 is 2.12 bits per heavy atom. The molecule has 86 valence electrons. The molecule has 16 heavy (non-hydrogen) atoms. The van der Waals surface area contributed by atoms with Crippen molar-refractivity contribution in [3.8, 4) is 0 Å². The number of hydrogen-bond acceptors (Lipinski definition) is 2. The Morgan fingerprint density at radius 3 is 2.69 bits per heavy atom. The molecule has 0 unspecified atom stereocenters. The molecular formula is C12H14ClFN2. The number of benzene rings is 1. The van der Waals surface area contributed by atoms with Gasteiger partial charge in [-0.25, -0.2) is 4.39 Å². The second-order valence-electron chi connectivity index (χ2n) is 4.87. The van der Waals surface area contributed by atoms with Crippen LogP contribution in [0.1, 0.15) is 12.0 Å². The van der Waals surface area contributed by atoms with Crippen LogP contribution in [-0.2, 0) is 0 Å². The summed E-state index contributed by atoms with van der Waals surface area (Å²) >= 11 is 6.20. The molecule has 4 heteroatoms. The normalized spacial score (nSPS) is 21.8. The molecule has 0 aliphatic carbocycles. The van der Waals surface area contributed by atoms with Crippen molar-refractivity contribution in [3.05, 3.63) is 28.5 Å². The van der Waals surface area contributed by atoms with Crippen LogP contribution in [0, 0.1) is 12.7 Å². The second kappa shape index (κ2) is 3.34. The molecule has 2 heterocycles. The summed E-state index contributed by atoms with van der Waals surface area (Å²) in [6.07, 6.45) is 1.22. The number of nitrogens with one attached hydrogen (secondary N) is 1. The third-order valence-electron chi connectivity index (χ3n) is 3.63. The Bertz CT molecular complexity index is 435. The van der Waals surface area contributed by atoms with Crippen molar-refractivity contribution in [1.29, 1.82) is 0 Å². The molecule has 0 atom stereocenters. The third kappa shape index (κ3) is 1.42. The fourth-order valence-corrected chi connectivity index (χ4v) is 2.77. The van der Waals surface area contributed by atoms with Crippen LogP contribution in [0.4, 0.5) is 10.1 Å². The smallest absolute Gasteiger partial charge is 0.125 e. The van der Waals surface area contributed by atoms with Gasteiger partial charge in [-0.05, 0) is 37.6 Å². The Kier molecular flexibility index (Phi) is 2.17. The van der Waals surface area contributed by atoms with Gasteiger partial charge in [0.2, 0.25) is 0 Å². The number of anilines is 1. The predicted octanol–water partition coefficient (Wildman–Crippen LogP) is 2.34. The molecule has 1 aromatic carbocycles. The minimum atomic E-state index is -0.209. The van der Waals surface area contributed by atoms with Crippen molar-refractivity contribution in [2.75, 3.05) is 24.5 Å². The van der Waals surface area contributed by atoms with Gasteiger partial charge < -0.3 is 10.2 Å². The lowest BCUT2D eigenvalue weighted by atomic mass is 9.80. The fraction of sp³-hybridized carbons (Fsp3) is 0.500. The molecule has 1 spiro atoms. The maximum atomic E-state index is 13.3. The van der Waals surface area contributed by atoms with Gasteiger partial charge >= 0.3 is 0 Å². The van der Waals surface area contributed by atoms with Crippen LogP contribution >= 0.6 is 11.6 Å². The standard InChI is InChI=1S/C12H14ClFN2/c1-8-4-9(14)5-10(11(8)13)16-6-12(7-16)2-3-15-12/h4-5,15H,2-3,6-7H2,1H3. The Morgan fingerprint density at radius 1 is 1.44 bits per heavy atom. The minimum Gasteiger partial charge on any atom is -0.366 e. The van der Waals surface area contributed by atoms with Gasteiger partial charge in [0.15, 0.2) is 0 Å². The summed E-state index contributed by atoms with van der Waals surface area (Å²) in [7, 11) is 0. The largest absolute Gasteiger partial charge is 0.366 e. The number of rotatable bonds is 1. The first-order valence-corrected chi connectivity index (χ1v) is 5.93. The van der Waals surface area contributed by atoms with Crippen molar-refractivity contribution in [2.24, 2.45) is 0 Å². The van der Waals surface area contributed by atoms with Crippen molar-refractivity contribution in [2.45, 2.75) is 18.9 Å². The van der Waals surface area contributed by atoms with Gasteiger partial charge in [-0.15, -0.1) is 0 Å². The first kappa shape index (κ1) is 10.4. The summed E-state index contributed by atoms with van der Waals surface area (Å²) in [5.41, 5.74) is 1.93. The van der Waals surface area contributed by atoms with E-state index in [1.54, 1.807) is 0 Å². The van der Waals surface area contributed by atoms with E-state index >= 15 is 0 Å². The molecule has 1 aromatic rings. The summed E-state index contributed by atoms with van der Waals surface area (Å²) in [5.74, 6) is -0.209. The van der Waals surface area contributed by atoms with Gasteiger partial charge in [-0.3, -0.25) is 0 Å². The van der Waals surface area contributed by atoms with Crippen LogP contribution in [0.3, 0.4) is 0 Å². The molecule has 2 saturated heterocycles. The molecule has 0 bridgehead atoms. The van der Waals surface area contributed by atoms with E-state index in [9.17, 15) is 4.39 Å². The number of aryl methyl sites for hydroxylation is 1. The minimum absolute atomic E-state index is 0.209. The summed E-state index contributed by atoms with van der Waals surface area (Å²) in [4.78, 5) is 2.14. The average molecular weight is 241 g/mol. The SMILES string of the molecule is Cc1cc(F)cc(N2CC3(CCN3)C2)c1Cl. The lowest BCUT2D eigenvalue weighted by Crippen LogP contribution is -2.76. The van der Waals surface area contributed by atoms with Gasteiger partial charge in [-0.2, -0.15) is 0 Å². The van der Waals surface area contributed by atoms with E-state index in [2.05, 4.69) is 10.2 Å². The van der Waals surface area contributed by atoms with E-state index < -0.39 is 0 Å². The Balaban J connectivity index is 1.85. The number of nitrogens with zero attached hydrogens (tertiary/aromatic N) is 1. The first-order chi connectivity index (χ1) is 7.60. The number of hydrogen-bond donors (Lipinski definition) is 1. The first-order valence-electron chi connectivity index (χ1n) is 5.55. The van der Waals surface area contributed by atoms with E-state index in [1.807, 2.05) is 6.92 Å². The molecule has 0 saturated carbocycles.